The average molecular weight is 469 g/mol. The summed E-state index contributed by atoms with van der Waals surface area (Å²) in [5.74, 6) is 0.401. The van der Waals surface area contributed by atoms with Crippen LogP contribution in [0.15, 0.2) is 56.7 Å². The lowest BCUT2D eigenvalue weighted by atomic mass is 10.2. The highest BCUT2D eigenvalue weighted by atomic mass is 35.5. The summed E-state index contributed by atoms with van der Waals surface area (Å²) in [6.07, 6.45) is 1.15. The molecule has 2 aliphatic heterocycles. The van der Waals surface area contributed by atoms with Crippen LogP contribution in [0.5, 0.6) is 0 Å². The van der Waals surface area contributed by atoms with Crippen LogP contribution >= 0.6 is 11.6 Å². The first kappa shape index (κ1) is 21.1. The predicted octanol–water partition coefficient (Wildman–Crippen LogP) is 2.08. The van der Waals surface area contributed by atoms with Gasteiger partial charge in [-0.05, 0) is 30.3 Å². The molecule has 0 atom stereocenters. The number of sulfonamides is 1. The average Bonchev–Trinajstić information content (AvgIpc) is 2.67. The molecule has 1 N–H and O–H groups in total. The van der Waals surface area contributed by atoms with Gasteiger partial charge in [-0.2, -0.15) is 8.42 Å². The molecular formula is C19H21ClN4O4S2. The van der Waals surface area contributed by atoms with Gasteiger partial charge in [-0.1, -0.05) is 23.7 Å². The minimum atomic E-state index is -3.70. The van der Waals surface area contributed by atoms with E-state index < -0.39 is 19.9 Å². The molecule has 8 nitrogen and oxygen atoms in total. The smallest absolute Gasteiger partial charge is 0.286 e. The summed E-state index contributed by atoms with van der Waals surface area (Å²) in [6.45, 7) is 3.12. The van der Waals surface area contributed by atoms with E-state index in [9.17, 15) is 16.8 Å². The molecular weight excluding hydrogens is 448 g/mol. The summed E-state index contributed by atoms with van der Waals surface area (Å²) in [5.41, 5.74) is 1.33. The Bertz CT molecular complexity index is 1220. The molecule has 2 heterocycles. The van der Waals surface area contributed by atoms with Gasteiger partial charge in [0, 0.05) is 32.4 Å². The van der Waals surface area contributed by atoms with Crippen molar-refractivity contribution in [1.82, 2.24) is 4.90 Å². The Labute approximate surface area is 181 Å². The zero-order valence-electron chi connectivity index (χ0n) is 16.2. The van der Waals surface area contributed by atoms with Gasteiger partial charge in [-0.25, -0.2) is 8.42 Å². The number of hydrogen-bond donors (Lipinski definition) is 1. The number of para-hydroxylation sites is 1. The molecule has 0 spiro atoms. The maximum absolute atomic E-state index is 12.4. The number of halogens is 1. The Balaban J connectivity index is 1.42. The molecule has 0 saturated carbocycles. The molecule has 2 aromatic rings. The van der Waals surface area contributed by atoms with Crippen molar-refractivity contribution in [3.8, 4) is 0 Å². The van der Waals surface area contributed by atoms with Gasteiger partial charge in [-0.15, -0.1) is 4.40 Å². The van der Waals surface area contributed by atoms with Crippen molar-refractivity contribution in [1.29, 1.82) is 0 Å². The van der Waals surface area contributed by atoms with E-state index in [-0.39, 0.29) is 9.79 Å². The Hall–Kier alpha value is -2.14. The maximum Gasteiger partial charge on any atom is 0.286 e. The topological polar surface area (TPSA) is 99.2 Å². The van der Waals surface area contributed by atoms with Crippen LogP contribution in [0.25, 0.3) is 0 Å². The van der Waals surface area contributed by atoms with Crippen LogP contribution in [-0.4, -0.2) is 66.6 Å². The standard InChI is InChI=1S/C19H21ClN4O4S2/c1-29(25,26)14-6-7-17(15(20)12-14)24-10-8-23(9-11-24)13-19-21-16-4-2-3-5-18(16)30(27,28)22-19/h2-7,12H,8-11,13H2,1H3,(H,21,22). The molecule has 2 aromatic carbocycles. The van der Waals surface area contributed by atoms with Gasteiger partial charge in [0.2, 0.25) is 0 Å². The molecule has 1 saturated heterocycles. The van der Waals surface area contributed by atoms with Crippen LogP contribution in [0.1, 0.15) is 0 Å². The quantitative estimate of drug-likeness (QED) is 0.733. The van der Waals surface area contributed by atoms with Crippen molar-refractivity contribution in [2.45, 2.75) is 9.79 Å². The highest BCUT2D eigenvalue weighted by Crippen LogP contribution is 2.30. The fourth-order valence-electron chi connectivity index (χ4n) is 3.57. The van der Waals surface area contributed by atoms with E-state index in [0.717, 1.165) is 11.9 Å². The number of piperazine rings is 1. The van der Waals surface area contributed by atoms with Crippen molar-refractivity contribution in [3.05, 3.63) is 47.5 Å². The Morgan fingerprint density at radius 3 is 2.47 bits per heavy atom. The first-order valence-electron chi connectivity index (χ1n) is 9.30. The fraction of sp³-hybridized carbons (Fsp3) is 0.316. The fourth-order valence-corrected chi connectivity index (χ4v) is 5.72. The lowest BCUT2D eigenvalue weighted by molar-refractivity contribution is 0.291. The van der Waals surface area contributed by atoms with E-state index >= 15 is 0 Å². The van der Waals surface area contributed by atoms with Gasteiger partial charge in [0.15, 0.2) is 9.84 Å². The van der Waals surface area contributed by atoms with Crippen molar-refractivity contribution in [2.75, 3.05) is 49.2 Å². The normalized spacial score (nSPS) is 19.0. The van der Waals surface area contributed by atoms with Crippen molar-refractivity contribution in [3.63, 3.8) is 0 Å². The molecule has 160 valence electrons. The number of anilines is 2. The minimum Gasteiger partial charge on any atom is -0.368 e. The SMILES string of the molecule is CS(=O)(=O)c1ccc(N2CCN(CC3=NS(=O)(=O)c4ccccc4N3)CC2)c(Cl)c1. The molecule has 2 aliphatic rings. The van der Waals surface area contributed by atoms with Gasteiger partial charge in [-0.3, -0.25) is 4.90 Å². The van der Waals surface area contributed by atoms with Crippen LogP contribution in [0.3, 0.4) is 0 Å². The zero-order chi connectivity index (χ0) is 21.5. The number of hydrogen-bond acceptors (Lipinski definition) is 7. The van der Waals surface area contributed by atoms with Crippen molar-refractivity contribution < 1.29 is 16.8 Å². The largest absolute Gasteiger partial charge is 0.368 e. The second-order valence-electron chi connectivity index (χ2n) is 7.28. The Kier molecular flexibility index (Phi) is 5.52. The third-order valence-corrected chi connectivity index (χ3v) is 7.89. The molecule has 30 heavy (non-hydrogen) atoms. The molecule has 11 heteroatoms. The third kappa shape index (κ3) is 4.31. The molecule has 0 aliphatic carbocycles. The summed E-state index contributed by atoms with van der Waals surface area (Å²) >= 11 is 6.32. The van der Waals surface area contributed by atoms with Crippen LogP contribution in [0.4, 0.5) is 11.4 Å². The number of fused-ring (bicyclic) bond motifs is 1. The summed E-state index contributed by atoms with van der Waals surface area (Å²) in [7, 11) is -7.00. The van der Waals surface area contributed by atoms with Crippen LogP contribution in [-0.2, 0) is 19.9 Å². The van der Waals surface area contributed by atoms with E-state index in [2.05, 4.69) is 19.5 Å². The molecule has 0 amide bonds. The lowest BCUT2D eigenvalue weighted by Crippen LogP contribution is -2.49. The number of nitrogens with one attached hydrogen (secondary N) is 1. The molecule has 0 bridgehead atoms. The van der Waals surface area contributed by atoms with E-state index in [1.807, 2.05) is 0 Å². The second-order valence-corrected chi connectivity index (χ2v) is 11.3. The molecule has 0 radical (unpaired) electrons. The van der Waals surface area contributed by atoms with Crippen molar-refractivity contribution in [2.24, 2.45) is 4.40 Å². The van der Waals surface area contributed by atoms with Gasteiger partial charge >= 0.3 is 0 Å². The predicted molar refractivity (Wildman–Crippen MR) is 118 cm³/mol. The summed E-state index contributed by atoms with van der Waals surface area (Å²) in [6, 6.07) is 11.5. The molecule has 4 rings (SSSR count). The van der Waals surface area contributed by atoms with E-state index in [0.29, 0.717) is 49.3 Å². The van der Waals surface area contributed by atoms with E-state index in [1.54, 1.807) is 30.3 Å². The van der Waals surface area contributed by atoms with Gasteiger partial charge < -0.3 is 10.2 Å². The maximum atomic E-state index is 12.4. The zero-order valence-corrected chi connectivity index (χ0v) is 18.6. The van der Waals surface area contributed by atoms with Crippen LogP contribution in [0, 0.1) is 0 Å². The first-order valence-corrected chi connectivity index (χ1v) is 13.0. The van der Waals surface area contributed by atoms with Gasteiger partial charge in [0.1, 0.15) is 10.7 Å². The van der Waals surface area contributed by atoms with Crippen molar-refractivity contribution >= 4 is 48.7 Å². The van der Waals surface area contributed by atoms with E-state index in [4.69, 9.17) is 11.6 Å². The summed E-state index contributed by atoms with van der Waals surface area (Å²) in [4.78, 5) is 4.58. The molecule has 1 fully saturated rings. The van der Waals surface area contributed by atoms with Crippen LogP contribution < -0.4 is 10.2 Å². The Morgan fingerprint density at radius 2 is 1.80 bits per heavy atom. The number of amidine groups is 1. The Morgan fingerprint density at radius 1 is 1.10 bits per heavy atom. The lowest BCUT2D eigenvalue weighted by Gasteiger charge is -2.37. The highest BCUT2D eigenvalue weighted by Gasteiger charge is 2.27. The third-order valence-electron chi connectivity index (χ3n) is 5.11. The molecule has 0 aromatic heterocycles. The first-order chi connectivity index (χ1) is 14.1. The summed E-state index contributed by atoms with van der Waals surface area (Å²) < 4.78 is 52.1. The molecule has 0 unspecified atom stereocenters. The number of benzene rings is 2. The minimum absolute atomic E-state index is 0.186. The highest BCUT2D eigenvalue weighted by molar-refractivity contribution is 7.91. The number of nitrogens with zero attached hydrogens (tertiary/aromatic N) is 3. The van der Waals surface area contributed by atoms with Gasteiger partial charge in [0.25, 0.3) is 10.0 Å². The monoisotopic (exact) mass is 468 g/mol. The van der Waals surface area contributed by atoms with E-state index in [1.165, 1.54) is 12.1 Å². The van der Waals surface area contributed by atoms with Gasteiger partial charge in [0.05, 0.1) is 27.8 Å². The van der Waals surface area contributed by atoms with Crippen LogP contribution in [0.2, 0.25) is 5.02 Å². The second kappa shape index (κ2) is 7.84. The number of sulfone groups is 1. The summed E-state index contributed by atoms with van der Waals surface area (Å²) in [5, 5.41) is 3.51. The number of rotatable bonds is 4.